The zero-order valence-electron chi connectivity index (χ0n) is 28.8. The molecule has 10 heteroatoms. The summed E-state index contributed by atoms with van der Waals surface area (Å²) in [5.41, 5.74) is -1.09. The van der Waals surface area contributed by atoms with Crippen LogP contribution in [0.4, 0.5) is 0 Å². The lowest BCUT2D eigenvalue weighted by molar-refractivity contribution is 0.00567. The predicted molar refractivity (Wildman–Crippen MR) is 177 cm³/mol. The molecule has 3 aromatic rings. The average molecular weight is 654 g/mol. The van der Waals surface area contributed by atoms with E-state index in [2.05, 4.69) is 0 Å². The Balaban J connectivity index is 2.28. The Hall–Kier alpha value is -4.18. The molecule has 0 saturated carbocycles. The molecule has 248 valence electrons. The van der Waals surface area contributed by atoms with E-state index >= 15 is 0 Å². The first kappa shape index (κ1) is 36.3. The molecule has 0 aliphatic rings. The van der Waals surface area contributed by atoms with Gasteiger partial charge >= 0.3 is 17.9 Å². The largest absolute Gasteiger partial charge is 0.491 e. The maximum Gasteiger partial charge on any atom is 0.338 e. The fourth-order valence-electron chi connectivity index (χ4n) is 4.26. The van der Waals surface area contributed by atoms with E-state index in [4.69, 9.17) is 28.4 Å². The number of rotatable bonds is 9. The van der Waals surface area contributed by atoms with Crippen molar-refractivity contribution in [1.29, 1.82) is 0 Å². The van der Waals surface area contributed by atoms with Gasteiger partial charge in [0.15, 0.2) is 17.2 Å². The third-order valence-electron chi connectivity index (χ3n) is 6.05. The highest BCUT2D eigenvalue weighted by Gasteiger charge is 2.39. The highest BCUT2D eigenvalue weighted by Crippen LogP contribution is 2.45. The molecule has 0 aliphatic carbocycles. The normalized spacial score (nSPS) is 11.9. The minimum absolute atomic E-state index is 0.318. The van der Waals surface area contributed by atoms with Crippen molar-refractivity contribution >= 4 is 28.8 Å². The van der Waals surface area contributed by atoms with Crippen molar-refractivity contribution in [2.24, 2.45) is 0 Å². The van der Waals surface area contributed by atoms with Crippen molar-refractivity contribution < 1.29 is 42.8 Å². The summed E-state index contributed by atoms with van der Waals surface area (Å²) < 4.78 is 34.3. The van der Waals surface area contributed by atoms with Crippen LogP contribution in [-0.2, 0) is 25.1 Å². The SMILES string of the molecule is COc1cc(C(=O)OC(C)(C)C)ccc1[S+](c1ccc(C(=O)OC(C)(C)C)cc1OC)c1ccc(C(=O)OC(C)(C)C)cc1OC. The Morgan fingerprint density at radius 1 is 0.457 bits per heavy atom. The average Bonchev–Trinajstić information content (AvgIpc) is 2.94. The topological polar surface area (TPSA) is 107 Å². The van der Waals surface area contributed by atoms with Crippen LogP contribution in [0.3, 0.4) is 0 Å². The first-order valence-corrected chi connectivity index (χ1v) is 16.0. The van der Waals surface area contributed by atoms with Gasteiger partial charge in [-0.3, -0.25) is 0 Å². The second-order valence-corrected chi connectivity index (χ2v) is 15.3. The highest BCUT2D eigenvalue weighted by atomic mass is 32.2. The van der Waals surface area contributed by atoms with Gasteiger partial charge in [-0.25, -0.2) is 14.4 Å². The van der Waals surface area contributed by atoms with E-state index in [0.717, 1.165) is 0 Å². The molecule has 3 aromatic carbocycles. The van der Waals surface area contributed by atoms with E-state index in [1.165, 1.54) is 21.3 Å². The molecule has 46 heavy (non-hydrogen) atoms. The third-order valence-corrected chi connectivity index (χ3v) is 8.39. The van der Waals surface area contributed by atoms with E-state index in [9.17, 15) is 14.4 Å². The molecular formula is C36H45O9S+. The number of benzene rings is 3. The molecular weight excluding hydrogens is 608 g/mol. The van der Waals surface area contributed by atoms with Crippen molar-refractivity contribution in [2.75, 3.05) is 21.3 Å². The fourth-order valence-corrected chi connectivity index (χ4v) is 6.61. The molecule has 0 atom stereocenters. The molecule has 0 N–H and O–H groups in total. The number of hydrogen-bond donors (Lipinski definition) is 0. The van der Waals surface area contributed by atoms with E-state index < -0.39 is 45.6 Å². The fraction of sp³-hybridized carbons (Fsp3) is 0.417. The summed E-state index contributed by atoms with van der Waals surface area (Å²) in [5.74, 6) is -0.211. The van der Waals surface area contributed by atoms with Crippen LogP contribution < -0.4 is 14.2 Å². The molecule has 0 unspecified atom stereocenters. The quantitative estimate of drug-likeness (QED) is 0.131. The number of methoxy groups -OCH3 is 3. The standard InChI is InChI=1S/C36H45O9S/c1-34(2,3)43-31(37)22-13-16-28(25(19-22)40-10)46(29-17-14-23(20-26(29)41-11)32(38)44-35(4,5)6)30-18-15-24(21-27(30)42-12)33(39)45-36(7,8)9/h13-21H,1-12H3/q+1. The lowest BCUT2D eigenvalue weighted by Gasteiger charge is -2.21. The first-order chi connectivity index (χ1) is 21.3. The summed E-state index contributed by atoms with van der Waals surface area (Å²) in [6.45, 7) is 16.2. The first-order valence-electron chi connectivity index (χ1n) is 14.8. The highest BCUT2D eigenvalue weighted by molar-refractivity contribution is 7.97. The minimum Gasteiger partial charge on any atom is -0.491 e. The van der Waals surface area contributed by atoms with Gasteiger partial charge in [-0.1, -0.05) is 0 Å². The van der Waals surface area contributed by atoms with E-state index in [1.807, 2.05) is 0 Å². The summed E-state index contributed by atoms with van der Waals surface area (Å²) in [6.07, 6.45) is 0. The Kier molecular flexibility index (Phi) is 11.1. The summed E-state index contributed by atoms with van der Waals surface area (Å²) >= 11 is 0. The zero-order chi connectivity index (χ0) is 34.6. The van der Waals surface area contributed by atoms with Gasteiger partial charge in [0, 0.05) is 0 Å². The lowest BCUT2D eigenvalue weighted by Crippen LogP contribution is -2.24. The second-order valence-electron chi connectivity index (χ2n) is 13.4. The molecule has 3 rings (SSSR count). The maximum atomic E-state index is 12.9. The molecule has 0 aliphatic heterocycles. The van der Waals surface area contributed by atoms with Gasteiger partial charge in [-0.2, -0.15) is 0 Å². The van der Waals surface area contributed by atoms with Gasteiger partial charge in [0.1, 0.15) is 27.7 Å². The van der Waals surface area contributed by atoms with Crippen LogP contribution in [0, 0.1) is 0 Å². The van der Waals surface area contributed by atoms with E-state index in [0.29, 0.717) is 48.6 Å². The monoisotopic (exact) mass is 653 g/mol. The molecule has 0 bridgehead atoms. The van der Waals surface area contributed by atoms with Crippen LogP contribution in [0.1, 0.15) is 93.4 Å². The van der Waals surface area contributed by atoms with Crippen molar-refractivity contribution in [3.05, 3.63) is 71.3 Å². The van der Waals surface area contributed by atoms with Crippen LogP contribution in [0.25, 0.3) is 0 Å². The van der Waals surface area contributed by atoms with Crippen molar-refractivity contribution in [3.8, 4) is 17.2 Å². The van der Waals surface area contributed by atoms with Gasteiger partial charge in [0.05, 0.1) is 38.0 Å². The number of carbonyl (C=O) groups is 3. The van der Waals surface area contributed by atoms with Crippen LogP contribution in [0.2, 0.25) is 0 Å². The van der Waals surface area contributed by atoms with E-state index in [1.54, 1.807) is 117 Å². The van der Waals surface area contributed by atoms with Crippen LogP contribution in [0.15, 0.2) is 69.3 Å². The van der Waals surface area contributed by atoms with Crippen LogP contribution in [0.5, 0.6) is 17.2 Å². The minimum atomic E-state index is -1.00. The molecule has 0 amide bonds. The predicted octanol–water partition coefficient (Wildman–Crippen LogP) is 7.67. The Bertz CT molecular complexity index is 1400. The van der Waals surface area contributed by atoms with Gasteiger partial charge in [-0.15, -0.1) is 0 Å². The summed E-state index contributed by atoms with van der Waals surface area (Å²) in [6, 6.07) is 15.3. The molecule has 0 heterocycles. The number of esters is 3. The van der Waals surface area contributed by atoms with Crippen LogP contribution >= 0.6 is 0 Å². The van der Waals surface area contributed by atoms with Crippen LogP contribution in [-0.4, -0.2) is 56.0 Å². The number of ether oxygens (including phenoxy) is 6. The summed E-state index contributed by atoms with van der Waals surface area (Å²) in [5, 5.41) is 0. The maximum absolute atomic E-state index is 12.9. The van der Waals surface area contributed by atoms with Crippen molar-refractivity contribution in [3.63, 3.8) is 0 Å². The van der Waals surface area contributed by atoms with Crippen molar-refractivity contribution in [2.45, 2.75) is 93.8 Å². The molecule has 0 fully saturated rings. The molecule has 0 radical (unpaired) electrons. The molecule has 0 saturated heterocycles. The smallest absolute Gasteiger partial charge is 0.338 e. The van der Waals surface area contributed by atoms with E-state index in [-0.39, 0.29) is 0 Å². The van der Waals surface area contributed by atoms with Gasteiger partial charge < -0.3 is 28.4 Å². The molecule has 9 nitrogen and oxygen atoms in total. The second kappa shape index (κ2) is 14.1. The van der Waals surface area contributed by atoms with Gasteiger partial charge in [0.25, 0.3) is 0 Å². The van der Waals surface area contributed by atoms with Crippen molar-refractivity contribution in [1.82, 2.24) is 0 Å². The Morgan fingerprint density at radius 3 is 0.891 bits per heavy atom. The molecule has 0 aromatic heterocycles. The number of carbonyl (C=O) groups excluding carboxylic acids is 3. The summed E-state index contributed by atoms with van der Waals surface area (Å²) in [4.78, 5) is 40.9. The van der Waals surface area contributed by atoms with Gasteiger partial charge in [-0.05, 0) is 117 Å². The van der Waals surface area contributed by atoms with Gasteiger partial charge in [0.2, 0.25) is 14.7 Å². The summed E-state index contributed by atoms with van der Waals surface area (Å²) in [7, 11) is 3.55. The molecule has 0 spiro atoms. The zero-order valence-corrected chi connectivity index (χ0v) is 29.6. The number of hydrogen-bond acceptors (Lipinski definition) is 9. The Labute approximate surface area is 274 Å². The third kappa shape index (κ3) is 9.42. The Morgan fingerprint density at radius 2 is 0.696 bits per heavy atom. The lowest BCUT2D eigenvalue weighted by atomic mass is 10.1.